The van der Waals surface area contributed by atoms with Crippen LogP contribution in [0.2, 0.25) is 0 Å². The molecule has 9 heteroatoms. The minimum atomic E-state index is -3.56. The van der Waals surface area contributed by atoms with E-state index in [-0.39, 0.29) is 21.8 Å². The second-order valence-corrected chi connectivity index (χ2v) is 7.19. The molecule has 18 heavy (non-hydrogen) atoms. The van der Waals surface area contributed by atoms with Crippen molar-refractivity contribution in [2.75, 3.05) is 13.1 Å². The fourth-order valence-electron chi connectivity index (χ4n) is 2.49. The largest absolute Gasteiger partial charge is 0.372 e. The highest BCUT2D eigenvalue weighted by atomic mass is 79.9. The molecule has 0 amide bonds. The maximum Gasteiger partial charge on any atom is 0.263 e. The predicted octanol–water partition coefficient (Wildman–Crippen LogP) is 0.129. The van der Waals surface area contributed by atoms with Crippen molar-refractivity contribution in [2.45, 2.75) is 30.1 Å². The fraction of sp³-hybridized carbons (Fsp3) is 0.778. The van der Waals surface area contributed by atoms with E-state index in [2.05, 4.69) is 26.2 Å². The molecule has 0 N–H and O–H groups in total. The number of hydrogen-bond donors (Lipinski definition) is 0. The molecule has 2 fully saturated rings. The summed E-state index contributed by atoms with van der Waals surface area (Å²) in [5.41, 5.74) is 0. The van der Waals surface area contributed by atoms with E-state index in [0.717, 1.165) is 12.8 Å². The Kier molecular flexibility index (Phi) is 2.96. The molecule has 0 radical (unpaired) electrons. The summed E-state index contributed by atoms with van der Waals surface area (Å²) in [5.74, 6) is 0. The van der Waals surface area contributed by atoms with Crippen LogP contribution in [-0.4, -0.2) is 53.0 Å². The van der Waals surface area contributed by atoms with Crippen molar-refractivity contribution in [1.82, 2.24) is 19.3 Å². The van der Waals surface area contributed by atoms with E-state index in [1.807, 2.05) is 0 Å². The number of aromatic nitrogens is 3. The molecule has 1 aromatic rings. The van der Waals surface area contributed by atoms with Crippen molar-refractivity contribution in [2.24, 2.45) is 7.05 Å². The van der Waals surface area contributed by atoms with Gasteiger partial charge in [-0.25, -0.2) is 13.1 Å². The average molecular weight is 337 g/mol. The van der Waals surface area contributed by atoms with E-state index in [4.69, 9.17) is 4.74 Å². The Morgan fingerprint density at radius 2 is 1.94 bits per heavy atom. The summed E-state index contributed by atoms with van der Waals surface area (Å²) in [7, 11) is -1.99. The van der Waals surface area contributed by atoms with E-state index >= 15 is 0 Å². The number of nitrogens with zero attached hydrogens (tertiary/aromatic N) is 4. The SMILES string of the molecule is Cn1nnc(Br)c1S(=O)(=O)N1CC2CCC(C1)O2. The number of hydrogen-bond acceptors (Lipinski definition) is 5. The van der Waals surface area contributed by atoms with Crippen molar-refractivity contribution in [3.8, 4) is 0 Å². The maximum atomic E-state index is 12.5. The lowest BCUT2D eigenvalue weighted by Gasteiger charge is -2.30. The Labute approximate surface area is 113 Å². The third kappa shape index (κ3) is 1.89. The third-order valence-electron chi connectivity index (χ3n) is 3.33. The number of fused-ring (bicyclic) bond motifs is 2. The van der Waals surface area contributed by atoms with Gasteiger partial charge in [0.1, 0.15) is 0 Å². The summed E-state index contributed by atoms with van der Waals surface area (Å²) in [6.45, 7) is 0.826. The number of ether oxygens (including phenoxy) is 1. The second kappa shape index (κ2) is 4.26. The molecular weight excluding hydrogens is 324 g/mol. The summed E-state index contributed by atoms with van der Waals surface area (Å²) in [5, 5.41) is 7.54. The smallest absolute Gasteiger partial charge is 0.263 e. The highest BCUT2D eigenvalue weighted by molar-refractivity contribution is 9.10. The van der Waals surface area contributed by atoms with Gasteiger partial charge in [0, 0.05) is 20.1 Å². The van der Waals surface area contributed by atoms with Gasteiger partial charge in [-0.1, -0.05) is 5.21 Å². The Morgan fingerprint density at radius 1 is 1.33 bits per heavy atom. The van der Waals surface area contributed by atoms with Crippen LogP contribution in [0.3, 0.4) is 0 Å². The first kappa shape index (κ1) is 12.5. The topological polar surface area (TPSA) is 77.3 Å². The summed E-state index contributed by atoms with van der Waals surface area (Å²) < 4.78 is 33.7. The Balaban J connectivity index is 1.96. The van der Waals surface area contributed by atoms with Gasteiger partial charge in [0.05, 0.1) is 12.2 Å². The molecule has 0 aliphatic carbocycles. The highest BCUT2D eigenvalue weighted by Crippen LogP contribution is 2.31. The molecule has 100 valence electrons. The summed E-state index contributed by atoms with van der Waals surface area (Å²) in [6, 6.07) is 0. The van der Waals surface area contributed by atoms with E-state index in [1.54, 1.807) is 7.05 Å². The summed E-state index contributed by atoms with van der Waals surface area (Å²) >= 11 is 3.13. The van der Waals surface area contributed by atoms with Crippen molar-refractivity contribution in [3.05, 3.63) is 4.60 Å². The number of sulfonamides is 1. The zero-order valence-electron chi connectivity index (χ0n) is 9.78. The fourth-order valence-corrected chi connectivity index (χ4v) is 5.03. The van der Waals surface area contributed by atoms with E-state index in [1.165, 1.54) is 8.99 Å². The van der Waals surface area contributed by atoms with Crippen LogP contribution in [0.5, 0.6) is 0 Å². The molecule has 3 rings (SSSR count). The van der Waals surface area contributed by atoms with Gasteiger partial charge >= 0.3 is 0 Å². The first-order valence-corrected chi connectivity index (χ1v) is 7.92. The van der Waals surface area contributed by atoms with Gasteiger partial charge in [-0.15, -0.1) is 5.10 Å². The molecule has 0 aromatic carbocycles. The molecule has 2 unspecified atom stereocenters. The first-order valence-electron chi connectivity index (χ1n) is 5.69. The minimum absolute atomic E-state index is 0.0264. The van der Waals surface area contributed by atoms with Crippen LogP contribution in [0.25, 0.3) is 0 Å². The number of halogens is 1. The summed E-state index contributed by atoms with van der Waals surface area (Å²) in [6.07, 6.45) is 1.92. The van der Waals surface area contributed by atoms with Crippen molar-refractivity contribution in [1.29, 1.82) is 0 Å². The lowest BCUT2D eigenvalue weighted by atomic mass is 10.2. The van der Waals surface area contributed by atoms with E-state index in [9.17, 15) is 8.42 Å². The van der Waals surface area contributed by atoms with Crippen LogP contribution in [0.1, 0.15) is 12.8 Å². The molecule has 2 bridgehead atoms. The van der Waals surface area contributed by atoms with Crippen LogP contribution in [0.4, 0.5) is 0 Å². The van der Waals surface area contributed by atoms with Gasteiger partial charge in [0.15, 0.2) is 4.60 Å². The maximum absolute atomic E-state index is 12.5. The Bertz CT molecular complexity index is 541. The number of morpholine rings is 1. The zero-order valence-corrected chi connectivity index (χ0v) is 12.2. The standard InChI is InChI=1S/C9H13BrN4O3S/c1-13-9(8(10)11-12-13)18(15,16)14-4-6-2-3-7(5-14)17-6/h6-7H,2-5H2,1H3. The van der Waals surface area contributed by atoms with Crippen LogP contribution in [0.15, 0.2) is 9.63 Å². The second-order valence-electron chi connectivity index (χ2n) is 4.59. The van der Waals surface area contributed by atoms with Crippen molar-refractivity contribution in [3.63, 3.8) is 0 Å². The number of rotatable bonds is 2. The van der Waals surface area contributed by atoms with E-state index in [0.29, 0.717) is 13.1 Å². The Morgan fingerprint density at radius 3 is 2.44 bits per heavy atom. The zero-order chi connectivity index (χ0) is 12.9. The average Bonchev–Trinajstić information content (AvgIpc) is 2.82. The van der Waals surface area contributed by atoms with Gasteiger partial charge < -0.3 is 4.74 Å². The molecule has 0 saturated carbocycles. The monoisotopic (exact) mass is 336 g/mol. The highest BCUT2D eigenvalue weighted by Gasteiger charge is 2.41. The quantitative estimate of drug-likeness (QED) is 0.767. The molecule has 2 aliphatic heterocycles. The van der Waals surface area contributed by atoms with Gasteiger partial charge in [0.25, 0.3) is 10.0 Å². The molecular formula is C9H13BrN4O3S. The lowest BCUT2D eigenvalue weighted by Crippen LogP contribution is -2.46. The predicted molar refractivity (Wildman–Crippen MR) is 65.4 cm³/mol. The van der Waals surface area contributed by atoms with Gasteiger partial charge in [-0.3, -0.25) is 0 Å². The van der Waals surface area contributed by atoms with Crippen molar-refractivity contribution >= 4 is 26.0 Å². The Hall–Kier alpha value is -0.510. The van der Waals surface area contributed by atoms with Crippen LogP contribution in [-0.2, 0) is 21.8 Å². The normalized spacial score (nSPS) is 28.8. The molecule has 3 heterocycles. The third-order valence-corrected chi connectivity index (χ3v) is 6.05. The van der Waals surface area contributed by atoms with Crippen molar-refractivity contribution < 1.29 is 13.2 Å². The minimum Gasteiger partial charge on any atom is -0.372 e. The number of aryl methyl sites for hydroxylation is 1. The first-order chi connectivity index (χ1) is 8.48. The van der Waals surface area contributed by atoms with Crippen LogP contribution in [0, 0.1) is 0 Å². The molecule has 2 atom stereocenters. The van der Waals surface area contributed by atoms with Crippen LogP contribution >= 0.6 is 15.9 Å². The van der Waals surface area contributed by atoms with Gasteiger partial charge in [-0.2, -0.15) is 4.31 Å². The van der Waals surface area contributed by atoms with E-state index < -0.39 is 10.0 Å². The van der Waals surface area contributed by atoms with Gasteiger partial charge in [0.2, 0.25) is 5.03 Å². The molecule has 1 aromatic heterocycles. The molecule has 0 spiro atoms. The van der Waals surface area contributed by atoms with Crippen LogP contribution < -0.4 is 0 Å². The molecule has 7 nitrogen and oxygen atoms in total. The molecule has 2 saturated heterocycles. The lowest BCUT2D eigenvalue weighted by molar-refractivity contribution is -0.0116. The molecule has 2 aliphatic rings. The van der Waals surface area contributed by atoms with Gasteiger partial charge in [-0.05, 0) is 28.8 Å². The summed E-state index contributed by atoms with van der Waals surface area (Å²) in [4.78, 5) is 0.